The highest BCUT2D eigenvalue weighted by Crippen LogP contribution is 2.32. The highest BCUT2D eigenvalue weighted by atomic mass is 35.5. The van der Waals surface area contributed by atoms with E-state index in [1.165, 1.54) is 18.6 Å². The van der Waals surface area contributed by atoms with Crippen molar-refractivity contribution in [2.45, 2.75) is 44.2 Å². The molecule has 0 aliphatic heterocycles. The molecule has 1 aromatic rings. The van der Waals surface area contributed by atoms with E-state index in [1.807, 2.05) is 0 Å². The Labute approximate surface area is 118 Å². The van der Waals surface area contributed by atoms with Gasteiger partial charge in [-0.1, -0.05) is 31.4 Å². The number of hydrogen-bond acceptors (Lipinski definition) is 2. The van der Waals surface area contributed by atoms with Crippen molar-refractivity contribution in [1.82, 2.24) is 0 Å². The molecule has 0 radical (unpaired) electrons. The van der Waals surface area contributed by atoms with Gasteiger partial charge in [0, 0.05) is 5.56 Å². The maximum atomic E-state index is 13.6. The van der Waals surface area contributed by atoms with Gasteiger partial charge in [0.05, 0.1) is 12.1 Å². The minimum Gasteiger partial charge on any atom is -0.391 e. The van der Waals surface area contributed by atoms with Crippen molar-refractivity contribution in [3.05, 3.63) is 35.4 Å². The SMILES string of the molecule is Cl.N[C@H](c1cccc(F)c1F)[C@@H](O)C1CCCCC1. The van der Waals surface area contributed by atoms with Gasteiger partial charge < -0.3 is 10.8 Å². The Morgan fingerprint density at radius 3 is 2.42 bits per heavy atom. The summed E-state index contributed by atoms with van der Waals surface area (Å²) in [5.41, 5.74) is 5.95. The highest BCUT2D eigenvalue weighted by molar-refractivity contribution is 5.85. The van der Waals surface area contributed by atoms with Crippen molar-refractivity contribution in [3.8, 4) is 0 Å². The fourth-order valence-corrected chi connectivity index (χ4v) is 2.73. The Kier molecular flexibility index (Phi) is 6.17. The van der Waals surface area contributed by atoms with Crippen LogP contribution in [0.3, 0.4) is 0 Å². The maximum Gasteiger partial charge on any atom is 0.163 e. The van der Waals surface area contributed by atoms with Crippen molar-refractivity contribution in [2.24, 2.45) is 11.7 Å². The van der Waals surface area contributed by atoms with E-state index in [0.717, 1.165) is 31.7 Å². The van der Waals surface area contributed by atoms with Crippen LogP contribution in [0.4, 0.5) is 8.78 Å². The molecule has 0 bridgehead atoms. The highest BCUT2D eigenvalue weighted by Gasteiger charge is 2.29. The van der Waals surface area contributed by atoms with Gasteiger partial charge in [0.15, 0.2) is 11.6 Å². The Balaban J connectivity index is 0.00000180. The molecule has 3 N–H and O–H groups in total. The van der Waals surface area contributed by atoms with Crippen LogP contribution in [-0.4, -0.2) is 11.2 Å². The van der Waals surface area contributed by atoms with Crippen molar-refractivity contribution in [3.63, 3.8) is 0 Å². The molecular weight excluding hydrogens is 272 g/mol. The first-order valence-electron chi connectivity index (χ1n) is 6.49. The summed E-state index contributed by atoms with van der Waals surface area (Å²) in [7, 11) is 0. The normalized spacial score (nSPS) is 19.6. The van der Waals surface area contributed by atoms with Gasteiger partial charge >= 0.3 is 0 Å². The molecule has 2 rings (SSSR count). The minimum absolute atomic E-state index is 0. The van der Waals surface area contributed by atoms with E-state index >= 15 is 0 Å². The summed E-state index contributed by atoms with van der Waals surface area (Å²) in [6, 6.07) is 3.05. The van der Waals surface area contributed by atoms with Gasteiger partial charge in [-0.2, -0.15) is 0 Å². The summed E-state index contributed by atoms with van der Waals surface area (Å²) in [6.07, 6.45) is 4.33. The molecule has 1 aliphatic carbocycles. The van der Waals surface area contributed by atoms with Crippen LogP contribution in [0.2, 0.25) is 0 Å². The lowest BCUT2D eigenvalue weighted by molar-refractivity contribution is 0.0606. The lowest BCUT2D eigenvalue weighted by Gasteiger charge is -2.30. The minimum atomic E-state index is -0.945. The van der Waals surface area contributed by atoms with Crippen molar-refractivity contribution >= 4 is 12.4 Å². The van der Waals surface area contributed by atoms with Crippen LogP contribution < -0.4 is 5.73 Å². The zero-order valence-electron chi connectivity index (χ0n) is 10.7. The van der Waals surface area contributed by atoms with Crippen LogP contribution >= 0.6 is 12.4 Å². The Bertz CT molecular complexity index is 410. The maximum absolute atomic E-state index is 13.6. The van der Waals surface area contributed by atoms with Crippen LogP contribution in [0, 0.1) is 17.6 Å². The van der Waals surface area contributed by atoms with Gasteiger partial charge in [0.2, 0.25) is 0 Å². The molecule has 0 heterocycles. The van der Waals surface area contributed by atoms with Gasteiger partial charge in [-0.3, -0.25) is 0 Å². The van der Waals surface area contributed by atoms with E-state index in [4.69, 9.17) is 5.73 Å². The van der Waals surface area contributed by atoms with Gasteiger partial charge in [-0.15, -0.1) is 12.4 Å². The fraction of sp³-hybridized carbons (Fsp3) is 0.571. The smallest absolute Gasteiger partial charge is 0.163 e. The Morgan fingerprint density at radius 2 is 1.79 bits per heavy atom. The summed E-state index contributed by atoms with van der Waals surface area (Å²) in [5.74, 6) is -1.77. The molecule has 2 atom stereocenters. The second-order valence-electron chi connectivity index (χ2n) is 5.06. The van der Waals surface area contributed by atoms with E-state index in [1.54, 1.807) is 0 Å². The average molecular weight is 292 g/mol. The molecule has 0 spiro atoms. The molecule has 0 saturated heterocycles. The first-order chi connectivity index (χ1) is 8.61. The van der Waals surface area contributed by atoms with Crippen molar-refractivity contribution in [1.29, 1.82) is 0 Å². The van der Waals surface area contributed by atoms with E-state index in [2.05, 4.69) is 0 Å². The zero-order valence-corrected chi connectivity index (χ0v) is 11.5. The third kappa shape index (κ3) is 3.65. The molecule has 1 fully saturated rings. The number of aliphatic hydroxyl groups excluding tert-OH is 1. The molecule has 1 saturated carbocycles. The zero-order chi connectivity index (χ0) is 13.1. The van der Waals surface area contributed by atoms with Gasteiger partial charge in [-0.25, -0.2) is 8.78 Å². The van der Waals surface area contributed by atoms with Crippen molar-refractivity contribution in [2.75, 3.05) is 0 Å². The summed E-state index contributed by atoms with van der Waals surface area (Å²) < 4.78 is 26.7. The lowest BCUT2D eigenvalue weighted by atomic mass is 9.81. The van der Waals surface area contributed by atoms with Crippen LogP contribution in [0.1, 0.15) is 43.7 Å². The quantitative estimate of drug-likeness (QED) is 0.897. The summed E-state index contributed by atoms with van der Waals surface area (Å²) in [4.78, 5) is 0. The fourth-order valence-electron chi connectivity index (χ4n) is 2.73. The number of hydrogen-bond donors (Lipinski definition) is 2. The predicted molar refractivity (Wildman–Crippen MR) is 73.1 cm³/mol. The summed E-state index contributed by atoms with van der Waals surface area (Å²) in [5, 5.41) is 10.2. The largest absolute Gasteiger partial charge is 0.391 e. The topological polar surface area (TPSA) is 46.2 Å². The van der Waals surface area contributed by atoms with E-state index < -0.39 is 23.8 Å². The monoisotopic (exact) mass is 291 g/mol. The molecule has 0 amide bonds. The summed E-state index contributed by atoms with van der Waals surface area (Å²) >= 11 is 0. The molecule has 19 heavy (non-hydrogen) atoms. The van der Waals surface area contributed by atoms with Gasteiger partial charge in [0.1, 0.15) is 0 Å². The molecule has 0 unspecified atom stereocenters. The second-order valence-corrected chi connectivity index (χ2v) is 5.06. The van der Waals surface area contributed by atoms with Gasteiger partial charge in [0.25, 0.3) is 0 Å². The average Bonchev–Trinajstić information content (AvgIpc) is 2.41. The van der Waals surface area contributed by atoms with Crippen LogP contribution in [-0.2, 0) is 0 Å². The molecule has 1 aliphatic rings. The first kappa shape index (κ1) is 16.3. The number of benzene rings is 1. The van der Waals surface area contributed by atoms with Crippen LogP contribution in [0.5, 0.6) is 0 Å². The van der Waals surface area contributed by atoms with Crippen LogP contribution in [0.15, 0.2) is 18.2 Å². The molecule has 0 aromatic heterocycles. The molecule has 108 valence electrons. The molecule has 5 heteroatoms. The Hall–Kier alpha value is -0.710. The Morgan fingerprint density at radius 1 is 1.16 bits per heavy atom. The predicted octanol–water partition coefficient (Wildman–Crippen LogP) is 3.33. The lowest BCUT2D eigenvalue weighted by Crippen LogP contribution is -2.34. The van der Waals surface area contributed by atoms with Crippen LogP contribution in [0.25, 0.3) is 0 Å². The third-order valence-electron chi connectivity index (χ3n) is 3.84. The molecule has 2 nitrogen and oxygen atoms in total. The third-order valence-corrected chi connectivity index (χ3v) is 3.84. The van der Waals surface area contributed by atoms with Crippen molar-refractivity contribution < 1.29 is 13.9 Å². The first-order valence-corrected chi connectivity index (χ1v) is 6.49. The van der Waals surface area contributed by atoms with E-state index in [-0.39, 0.29) is 23.9 Å². The second kappa shape index (κ2) is 7.17. The van der Waals surface area contributed by atoms with E-state index in [0.29, 0.717) is 0 Å². The molecule has 1 aromatic carbocycles. The number of halogens is 3. The summed E-state index contributed by atoms with van der Waals surface area (Å²) in [6.45, 7) is 0. The van der Waals surface area contributed by atoms with Gasteiger partial charge in [-0.05, 0) is 24.8 Å². The molecular formula is C14H20ClF2NO. The number of rotatable bonds is 3. The van der Waals surface area contributed by atoms with E-state index in [9.17, 15) is 13.9 Å². The number of aliphatic hydroxyl groups is 1. The standard InChI is InChI=1S/C14H19F2NO.ClH/c15-11-8-4-7-10(12(11)16)13(17)14(18)9-5-2-1-3-6-9;/h4,7-9,13-14,18H,1-3,5-6,17H2;1H/t13-,14+;/m1./s1. The number of nitrogens with two attached hydrogens (primary N) is 1.